The molecular formula is C24H35F2N5OS. The fraction of sp³-hybridized carbons (Fsp3) is 0.500. The van der Waals surface area contributed by atoms with Crippen LogP contribution in [0, 0.1) is 23.5 Å². The van der Waals surface area contributed by atoms with E-state index in [4.69, 9.17) is 16.3 Å². The summed E-state index contributed by atoms with van der Waals surface area (Å²) in [6.45, 7) is 6.76. The molecule has 0 saturated carbocycles. The number of hydrogen-bond donors (Lipinski definition) is 5. The number of nitrogens with one attached hydrogen (secondary N) is 2. The van der Waals surface area contributed by atoms with Gasteiger partial charge in [-0.3, -0.25) is 10.2 Å². The molecule has 2 saturated heterocycles. The van der Waals surface area contributed by atoms with Gasteiger partial charge in [-0.15, -0.1) is 12.6 Å². The molecule has 182 valence electrons. The van der Waals surface area contributed by atoms with E-state index in [1.165, 1.54) is 50.2 Å². The van der Waals surface area contributed by atoms with Crippen molar-refractivity contribution in [2.75, 3.05) is 25.9 Å². The third-order valence-corrected chi connectivity index (χ3v) is 6.63. The highest BCUT2D eigenvalue weighted by molar-refractivity contribution is 7.80. The van der Waals surface area contributed by atoms with Crippen LogP contribution in [0.4, 0.5) is 14.5 Å². The van der Waals surface area contributed by atoms with E-state index >= 15 is 0 Å². The van der Waals surface area contributed by atoms with Gasteiger partial charge in [-0.2, -0.15) is 5.48 Å². The Labute approximate surface area is 200 Å². The molecule has 0 spiro atoms. The van der Waals surface area contributed by atoms with Gasteiger partial charge < -0.3 is 16.4 Å². The minimum absolute atomic E-state index is 0.00135. The van der Waals surface area contributed by atoms with Gasteiger partial charge in [0.1, 0.15) is 17.9 Å². The lowest BCUT2D eigenvalue weighted by Crippen LogP contribution is -2.45. The van der Waals surface area contributed by atoms with Crippen molar-refractivity contribution >= 4 is 18.3 Å². The molecule has 33 heavy (non-hydrogen) atoms. The van der Waals surface area contributed by atoms with Crippen LogP contribution in [0.3, 0.4) is 0 Å². The number of rotatable bonds is 4. The molecule has 0 radical (unpaired) electrons. The molecule has 2 aliphatic heterocycles. The number of nitrogens with two attached hydrogens (primary N) is 2. The van der Waals surface area contributed by atoms with Crippen molar-refractivity contribution in [1.29, 1.82) is 0 Å². The molecule has 4 rings (SSSR count). The molecule has 6 nitrogen and oxygen atoms in total. The lowest BCUT2D eigenvalue weighted by molar-refractivity contribution is -0.00690. The molecule has 0 aliphatic carbocycles. The summed E-state index contributed by atoms with van der Waals surface area (Å²) in [6.07, 6.45) is 3.05. The van der Waals surface area contributed by atoms with Crippen molar-refractivity contribution in [2.24, 2.45) is 17.6 Å². The molecule has 0 amide bonds. The Kier molecular flexibility index (Phi) is 9.09. The fourth-order valence-electron chi connectivity index (χ4n) is 4.09. The Balaban J connectivity index is 0.000000189. The van der Waals surface area contributed by atoms with Crippen molar-refractivity contribution in [3.8, 4) is 11.1 Å². The van der Waals surface area contributed by atoms with Gasteiger partial charge in [0.2, 0.25) is 0 Å². The molecule has 0 aromatic heterocycles. The number of hydrogen-bond acceptors (Lipinski definition) is 7. The second kappa shape index (κ2) is 11.6. The highest BCUT2D eigenvalue weighted by Crippen LogP contribution is 2.31. The first-order valence-electron chi connectivity index (χ1n) is 11.3. The summed E-state index contributed by atoms with van der Waals surface area (Å²) in [7, 11) is 2.19. The van der Waals surface area contributed by atoms with Gasteiger partial charge in [0.05, 0.1) is 6.17 Å². The Morgan fingerprint density at radius 3 is 2.42 bits per heavy atom. The Hall–Kier alpha value is -1.75. The molecule has 2 heterocycles. The summed E-state index contributed by atoms with van der Waals surface area (Å²) in [5.74, 6) is 0.331. The summed E-state index contributed by atoms with van der Waals surface area (Å²) in [6, 6.07) is 7.30. The topological polar surface area (TPSA) is 88.6 Å². The number of benzene rings is 2. The normalized spacial score (nSPS) is 21.8. The molecule has 0 bridgehead atoms. The van der Waals surface area contributed by atoms with Crippen molar-refractivity contribution in [3.05, 3.63) is 47.5 Å². The molecule has 2 unspecified atom stereocenters. The number of thiol groups is 1. The zero-order chi connectivity index (χ0) is 24.1. The van der Waals surface area contributed by atoms with Crippen LogP contribution in [-0.4, -0.2) is 37.4 Å². The zero-order valence-electron chi connectivity index (χ0n) is 19.4. The van der Waals surface area contributed by atoms with Crippen molar-refractivity contribution in [1.82, 2.24) is 15.7 Å². The second-order valence-corrected chi connectivity index (χ2v) is 9.52. The number of hydroxylamine groups is 1. The minimum atomic E-state index is -0.454. The van der Waals surface area contributed by atoms with Gasteiger partial charge in [-0.05, 0) is 74.6 Å². The van der Waals surface area contributed by atoms with Gasteiger partial charge in [0.15, 0.2) is 0 Å². The summed E-state index contributed by atoms with van der Waals surface area (Å²) >= 11 is 3.95. The van der Waals surface area contributed by atoms with Crippen LogP contribution >= 0.6 is 12.6 Å². The first-order chi connectivity index (χ1) is 15.7. The summed E-state index contributed by atoms with van der Waals surface area (Å²) in [5, 5.41) is 3.52. The van der Waals surface area contributed by atoms with Gasteiger partial charge >= 0.3 is 0 Å². The average molecular weight is 480 g/mol. The van der Waals surface area contributed by atoms with Crippen LogP contribution in [0.1, 0.15) is 32.3 Å². The van der Waals surface area contributed by atoms with Crippen LogP contribution < -0.4 is 22.3 Å². The predicted molar refractivity (Wildman–Crippen MR) is 131 cm³/mol. The zero-order valence-corrected chi connectivity index (χ0v) is 20.3. The molecule has 9 heteroatoms. The molecular weight excluding hydrogens is 444 g/mol. The largest absolute Gasteiger partial charge is 0.398 e. The third-order valence-electron chi connectivity index (χ3n) is 6.27. The first-order valence-corrected chi connectivity index (χ1v) is 11.8. The lowest BCUT2D eigenvalue weighted by Gasteiger charge is -2.32. The Bertz CT molecular complexity index is 937. The maximum Gasteiger partial charge on any atom is 0.137 e. The number of nitrogens with zero attached hydrogens (tertiary/aromatic N) is 1. The fourth-order valence-corrected chi connectivity index (χ4v) is 4.23. The van der Waals surface area contributed by atoms with Crippen molar-refractivity contribution < 1.29 is 13.6 Å². The first kappa shape index (κ1) is 25.9. The molecule has 2 atom stereocenters. The van der Waals surface area contributed by atoms with E-state index in [2.05, 4.69) is 49.2 Å². The van der Waals surface area contributed by atoms with E-state index in [9.17, 15) is 8.78 Å². The Morgan fingerprint density at radius 1 is 1.15 bits per heavy atom. The van der Waals surface area contributed by atoms with Crippen molar-refractivity contribution in [3.63, 3.8) is 0 Å². The van der Waals surface area contributed by atoms with E-state index in [1.54, 1.807) is 6.07 Å². The predicted octanol–water partition coefficient (Wildman–Crippen LogP) is 3.72. The highest BCUT2D eigenvalue weighted by atomic mass is 32.1. The smallest absolute Gasteiger partial charge is 0.137 e. The average Bonchev–Trinajstić information content (AvgIpc) is 3.28. The minimum Gasteiger partial charge on any atom is -0.398 e. The summed E-state index contributed by atoms with van der Waals surface area (Å²) < 4.78 is 26.9. The van der Waals surface area contributed by atoms with Gasteiger partial charge in [-0.1, -0.05) is 19.9 Å². The van der Waals surface area contributed by atoms with Crippen LogP contribution in [0.15, 0.2) is 35.2 Å². The molecule has 2 aliphatic rings. The van der Waals surface area contributed by atoms with E-state index in [1.807, 2.05) is 0 Å². The Morgan fingerprint density at radius 2 is 1.85 bits per heavy atom. The standard InChI is InChI=1S/C13H12F2N2S.C11H23N3O/c14-10-3-2-8(13(17)9(10)6-16)7-1-4-12(18)11(15)5-7;1-8(2)11-12-10(13-15-11)9-4-6-14(3)7-5-9/h1-5,18H,6,16-17H2;8-13H,4-7H2,1-3H3. The SMILES string of the molecule is CC(C)C1NC(C2CCN(C)CC2)NO1.NCc1c(F)ccc(-c2ccc(S)c(F)c2)c1N. The summed E-state index contributed by atoms with van der Waals surface area (Å²) in [4.78, 5) is 8.18. The molecule has 2 aromatic carbocycles. The van der Waals surface area contributed by atoms with E-state index in [0.29, 0.717) is 29.1 Å². The third kappa shape index (κ3) is 6.44. The van der Waals surface area contributed by atoms with Gasteiger partial charge in [-0.25, -0.2) is 8.78 Å². The number of piperidine rings is 1. The van der Waals surface area contributed by atoms with E-state index < -0.39 is 11.6 Å². The second-order valence-electron chi connectivity index (χ2n) is 9.04. The van der Waals surface area contributed by atoms with Crippen LogP contribution in [0.2, 0.25) is 0 Å². The van der Waals surface area contributed by atoms with E-state index in [0.717, 1.165) is 0 Å². The highest BCUT2D eigenvalue weighted by Gasteiger charge is 2.33. The van der Waals surface area contributed by atoms with Crippen molar-refractivity contribution in [2.45, 2.75) is 50.5 Å². The lowest BCUT2D eigenvalue weighted by atomic mass is 9.94. The molecule has 6 N–H and O–H groups in total. The monoisotopic (exact) mass is 479 g/mol. The number of halogens is 2. The molecule has 2 fully saturated rings. The van der Waals surface area contributed by atoms with Crippen LogP contribution in [0.5, 0.6) is 0 Å². The maximum atomic E-state index is 13.4. The summed E-state index contributed by atoms with van der Waals surface area (Å²) in [5.41, 5.74) is 16.0. The van der Waals surface area contributed by atoms with Gasteiger partial charge in [0, 0.05) is 28.3 Å². The van der Waals surface area contributed by atoms with E-state index in [-0.39, 0.29) is 28.9 Å². The van der Waals surface area contributed by atoms with Crippen LogP contribution in [0.25, 0.3) is 11.1 Å². The van der Waals surface area contributed by atoms with Crippen LogP contribution in [-0.2, 0) is 11.4 Å². The molecule has 2 aromatic rings. The number of likely N-dealkylation sites (tertiary alicyclic amines) is 1. The number of anilines is 1. The quantitative estimate of drug-likeness (QED) is 0.339. The number of nitrogen functional groups attached to an aromatic ring is 1. The van der Waals surface area contributed by atoms with Gasteiger partial charge in [0.25, 0.3) is 0 Å². The maximum absolute atomic E-state index is 13.4.